The van der Waals surface area contributed by atoms with E-state index in [0.29, 0.717) is 30.6 Å². The molecule has 1 rings (SSSR count). The van der Waals surface area contributed by atoms with E-state index in [1.807, 2.05) is 13.8 Å². The smallest absolute Gasteiger partial charge is 0.191 e. The first-order valence-electron chi connectivity index (χ1n) is 5.22. The summed E-state index contributed by atoms with van der Waals surface area (Å²) in [6, 6.07) is 1.70. The summed E-state index contributed by atoms with van der Waals surface area (Å²) in [5, 5.41) is 0.543. The van der Waals surface area contributed by atoms with Crippen molar-refractivity contribution in [2.75, 3.05) is 19.8 Å². The molecule has 0 atom stereocenters. The molecule has 1 heterocycles. The molecule has 5 heteroatoms. The Morgan fingerprint density at radius 1 is 1.25 bits per heavy atom. The fourth-order valence-electron chi connectivity index (χ4n) is 1.15. The van der Waals surface area contributed by atoms with E-state index in [-0.39, 0.29) is 6.29 Å². The molecule has 0 aliphatic heterocycles. The number of hydrogen-bond acceptors (Lipinski definition) is 4. The Bertz CT molecular complexity index is 303. The summed E-state index contributed by atoms with van der Waals surface area (Å²) in [5.74, 6) is 0.608. The zero-order valence-corrected chi connectivity index (χ0v) is 10.2. The molecule has 0 unspecified atom stereocenters. The van der Waals surface area contributed by atoms with Crippen LogP contribution in [0, 0.1) is 0 Å². The monoisotopic (exact) mass is 245 g/mol. The highest BCUT2D eigenvalue weighted by molar-refractivity contribution is 6.30. The lowest BCUT2D eigenvalue weighted by molar-refractivity contribution is -0.152. The molecule has 4 nitrogen and oxygen atoms in total. The van der Waals surface area contributed by atoms with Crippen molar-refractivity contribution in [3.63, 3.8) is 0 Å². The summed E-state index contributed by atoms with van der Waals surface area (Å²) in [6.07, 6.45) is 2.80. The Kier molecular flexibility index (Phi) is 6.15. The average molecular weight is 246 g/mol. The second kappa shape index (κ2) is 7.44. The first-order valence-corrected chi connectivity index (χ1v) is 5.60. The van der Waals surface area contributed by atoms with Crippen molar-refractivity contribution in [2.24, 2.45) is 0 Å². The van der Waals surface area contributed by atoms with E-state index in [1.54, 1.807) is 18.5 Å². The first-order chi connectivity index (χ1) is 7.76. The van der Waals surface area contributed by atoms with Gasteiger partial charge in [0.2, 0.25) is 0 Å². The van der Waals surface area contributed by atoms with Gasteiger partial charge in [0, 0.05) is 25.5 Å². The third-order valence-corrected chi connectivity index (χ3v) is 1.98. The molecule has 0 spiro atoms. The van der Waals surface area contributed by atoms with Crippen molar-refractivity contribution >= 4 is 11.6 Å². The summed E-state index contributed by atoms with van der Waals surface area (Å²) in [5.41, 5.74) is 0. The van der Waals surface area contributed by atoms with E-state index in [4.69, 9.17) is 25.8 Å². The minimum atomic E-state index is -0.353. The summed E-state index contributed by atoms with van der Waals surface area (Å²) >= 11 is 5.78. The summed E-state index contributed by atoms with van der Waals surface area (Å²) in [7, 11) is 0. The number of pyridine rings is 1. The van der Waals surface area contributed by atoms with Gasteiger partial charge in [-0.05, 0) is 13.8 Å². The van der Waals surface area contributed by atoms with Crippen LogP contribution in [0.1, 0.15) is 13.8 Å². The second-order valence-electron chi connectivity index (χ2n) is 2.99. The predicted molar refractivity (Wildman–Crippen MR) is 61.8 cm³/mol. The van der Waals surface area contributed by atoms with Crippen LogP contribution in [0.25, 0.3) is 0 Å². The average Bonchev–Trinajstić information content (AvgIpc) is 2.27. The molecule has 0 aromatic carbocycles. The van der Waals surface area contributed by atoms with E-state index in [9.17, 15) is 0 Å². The van der Waals surface area contributed by atoms with Crippen LogP contribution in [0.3, 0.4) is 0 Å². The van der Waals surface area contributed by atoms with Crippen molar-refractivity contribution in [1.82, 2.24) is 4.98 Å². The van der Waals surface area contributed by atoms with Gasteiger partial charge in [0.15, 0.2) is 6.29 Å². The quantitative estimate of drug-likeness (QED) is 0.692. The minimum Gasteiger partial charge on any atom is -0.487 e. The van der Waals surface area contributed by atoms with E-state index in [2.05, 4.69) is 4.98 Å². The number of aromatic nitrogens is 1. The Balaban J connectivity index is 2.41. The highest BCUT2D eigenvalue weighted by Crippen LogP contribution is 2.15. The Morgan fingerprint density at radius 3 is 2.50 bits per heavy atom. The van der Waals surface area contributed by atoms with Gasteiger partial charge in [-0.15, -0.1) is 0 Å². The third kappa shape index (κ3) is 4.79. The summed E-state index contributed by atoms with van der Waals surface area (Å²) < 4.78 is 16.1. The van der Waals surface area contributed by atoms with Crippen molar-refractivity contribution < 1.29 is 14.2 Å². The standard InChI is InChI=1S/C11H16ClNO3/c1-3-14-11(15-4-2)8-16-10-5-9(12)6-13-7-10/h5-7,11H,3-4,8H2,1-2H3. The van der Waals surface area contributed by atoms with Crippen LogP contribution in [0.4, 0.5) is 0 Å². The molecule has 0 aliphatic rings. The number of halogens is 1. The van der Waals surface area contributed by atoms with Gasteiger partial charge in [-0.1, -0.05) is 11.6 Å². The van der Waals surface area contributed by atoms with Crippen LogP contribution in [0.5, 0.6) is 5.75 Å². The number of rotatable bonds is 7. The molecule has 1 aromatic heterocycles. The van der Waals surface area contributed by atoms with Crippen molar-refractivity contribution in [1.29, 1.82) is 0 Å². The molecular formula is C11H16ClNO3. The topological polar surface area (TPSA) is 40.6 Å². The van der Waals surface area contributed by atoms with Crippen LogP contribution in [-0.4, -0.2) is 31.1 Å². The molecule has 0 radical (unpaired) electrons. The SMILES string of the molecule is CCOC(COc1cncc(Cl)c1)OCC. The Hall–Kier alpha value is -0.840. The van der Waals surface area contributed by atoms with Gasteiger partial charge in [-0.2, -0.15) is 0 Å². The summed E-state index contributed by atoms with van der Waals surface area (Å²) in [6.45, 7) is 5.31. The zero-order valence-electron chi connectivity index (χ0n) is 9.48. The van der Waals surface area contributed by atoms with E-state index in [0.717, 1.165) is 0 Å². The van der Waals surface area contributed by atoms with Crippen molar-refractivity contribution in [2.45, 2.75) is 20.1 Å². The van der Waals surface area contributed by atoms with E-state index in [1.165, 1.54) is 0 Å². The van der Waals surface area contributed by atoms with E-state index >= 15 is 0 Å². The predicted octanol–water partition coefficient (Wildman–Crippen LogP) is 2.51. The lowest BCUT2D eigenvalue weighted by Crippen LogP contribution is -2.25. The second-order valence-corrected chi connectivity index (χ2v) is 3.43. The van der Waals surface area contributed by atoms with Gasteiger partial charge in [0.05, 0.1) is 11.2 Å². The van der Waals surface area contributed by atoms with Crippen molar-refractivity contribution in [3.8, 4) is 5.75 Å². The molecule has 0 bridgehead atoms. The molecule has 0 N–H and O–H groups in total. The molecule has 0 fully saturated rings. The minimum absolute atomic E-state index is 0.323. The number of hydrogen-bond donors (Lipinski definition) is 0. The highest BCUT2D eigenvalue weighted by atomic mass is 35.5. The summed E-state index contributed by atoms with van der Waals surface area (Å²) in [4.78, 5) is 3.92. The van der Waals surface area contributed by atoms with Crippen LogP contribution < -0.4 is 4.74 Å². The van der Waals surface area contributed by atoms with Crippen LogP contribution >= 0.6 is 11.6 Å². The van der Waals surface area contributed by atoms with E-state index < -0.39 is 0 Å². The molecule has 0 amide bonds. The van der Waals surface area contributed by atoms with Gasteiger partial charge in [-0.3, -0.25) is 4.98 Å². The van der Waals surface area contributed by atoms with Crippen LogP contribution in [0.15, 0.2) is 18.5 Å². The van der Waals surface area contributed by atoms with Crippen LogP contribution in [0.2, 0.25) is 5.02 Å². The molecule has 16 heavy (non-hydrogen) atoms. The van der Waals surface area contributed by atoms with Gasteiger partial charge in [0.1, 0.15) is 12.4 Å². The van der Waals surface area contributed by atoms with Crippen LogP contribution in [-0.2, 0) is 9.47 Å². The van der Waals surface area contributed by atoms with Gasteiger partial charge in [-0.25, -0.2) is 0 Å². The third-order valence-electron chi connectivity index (χ3n) is 1.77. The Labute approximate surface area is 100 Å². The van der Waals surface area contributed by atoms with Gasteiger partial charge >= 0.3 is 0 Å². The molecular weight excluding hydrogens is 230 g/mol. The Morgan fingerprint density at radius 2 is 1.94 bits per heavy atom. The molecule has 0 aliphatic carbocycles. The van der Waals surface area contributed by atoms with Gasteiger partial charge in [0.25, 0.3) is 0 Å². The molecule has 90 valence electrons. The molecule has 0 saturated carbocycles. The fourth-order valence-corrected chi connectivity index (χ4v) is 1.32. The maximum Gasteiger partial charge on any atom is 0.191 e. The van der Waals surface area contributed by atoms with Gasteiger partial charge < -0.3 is 14.2 Å². The highest BCUT2D eigenvalue weighted by Gasteiger charge is 2.08. The number of ether oxygens (including phenoxy) is 3. The lowest BCUT2D eigenvalue weighted by Gasteiger charge is -2.17. The molecule has 0 saturated heterocycles. The zero-order chi connectivity index (χ0) is 11.8. The largest absolute Gasteiger partial charge is 0.487 e. The molecule has 1 aromatic rings. The normalized spacial score (nSPS) is 10.8. The maximum atomic E-state index is 5.78. The fraction of sp³-hybridized carbons (Fsp3) is 0.545. The first kappa shape index (κ1) is 13.2. The number of nitrogens with zero attached hydrogens (tertiary/aromatic N) is 1. The van der Waals surface area contributed by atoms with Crippen molar-refractivity contribution in [3.05, 3.63) is 23.5 Å². The maximum absolute atomic E-state index is 5.78. The lowest BCUT2D eigenvalue weighted by atomic mass is 10.4.